The molecule has 21 heavy (non-hydrogen) atoms. The monoisotopic (exact) mass is 308 g/mol. The number of nitrogens with one attached hydrogen (secondary N) is 1. The summed E-state index contributed by atoms with van der Waals surface area (Å²) in [5, 5.41) is 3.14. The van der Waals surface area contributed by atoms with Crippen molar-refractivity contribution in [2.24, 2.45) is 0 Å². The van der Waals surface area contributed by atoms with Gasteiger partial charge in [-0.3, -0.25) is 0 Å². The number of rotatable bonds is 4. The van der Waals surface area contributed by atoms with Gasteiger partial charge in [-0.15, -0.1) is 0 Å². The summed E-state index contributed by atoms with van der Waals surface area (Å²) in [4.78, 5) is 11.7. The van der Waals surface area contributed by atoms with Crippen LogP contribution in [-0.4, -0.2) is 13.1 Å². The van der Waals surface area contributed by atoms with Crippen molar-refractivity contribution in [3.63, 3.8) is 0 Å². The number of halogens is 2. The lowest BCUT2D eigenvalue weighted by Gasteiger charge is -2.12. The van der Waals surface area contributed by atoms with Gasteiger partial charge in [-0.05, 0) is 35.9 Å². The Bertz CT molecular complexity index is 677. The Morgan fingerprint density at radius 1 is 1.33 bits per heavy atom. The summed E-state index contributed by atoms with van der Waals surface area (Å²) < 4.78 is 17.8. The van der Waals surface area contributed by atoms with Crippen LogP contribution in [-0.2, 0) is 11.3 Å². The molecule has 0 saturated carbocycles. The van der Waals surface area contributed by atoms with Crippen molar-refractivity contribution in [1.29, 1.82) is 0 Å². The van der Waals surface area contributed by atoms with E-state index in [9.17, 15) is 9.18 Å². The molecule has 0 fully saturated rings. The van der Waals surface area contributed by atoms with Crippen molar-refractivity contribution in [3.05, 3.63) is 58.4 Å². The minimum Gasteiger partial charge on any atom is -0.465 e. The molecule has 4 nitrogen and oxygen atoms in total. The van der Waals surface area contributed by atoms with Crippen LogP contribution < -0.4 is 11.1 Å². The van der Waals surface area contributed by atoms with Crippen molar-refractivity contribution in [2.45, 2.75) is 6.54 Å². The van der Waals surface area contributed by atoms with Crippen molar-refractivity contribution < 1.29 is 13.9 Å². The van der Waals surface area contributed by atoms with E-state index < -0.39 is 11.8 Å². The number of methoxy groups -OCH3 is 1. The lowest BCUT2D eigenvalue weighted by atomic mass is 10.1. The number of benzene rings is 2. The number of esters is 1. The Labute approximate surface area is 126 Å². The highest BCUT2D eigenvalue weighted by atomic mass is 35.5. The molecular formula is C15H14ClFN2O2. The summed E-state index contributed by atoms with van der Waals surface area (Å²) in [5.74, 6) is -0.954. The normalized spacial score (nSPS) is 10.2. The minimum absolute atomic E-state index is 0.0554. The smallest absolute Gasteiger partial charge is 0.340 e. The average Bonchev–Trinajstić information content (AvgIpc) is 2.48. The van der Waals surface area contributed by atoms with Gasteiger partial charge in [0.05, 0.1) is 17.7 Å². The second-order valence-electron chi connectivity index (χ2n) is 4.40. The number of carbonyl (C=O) groups is 1. The molecule has 0 amide bonds. The first-order chi connectivity index (χ1) is 10.0. The highest BCUT2D eigenvalue weighted by molar-refractivity contribution is 6.30. The zero-order chi connectivity index (χ0) is 15.4. The Hall–Kier alpha value is -2.27. The van der Waals surface area contributed by atoms with Crippen molar-refractivity contribution >= 4 is 28.9 Å². The zero-order valence-corrected chi connectivity index (χ0v) is 12.1. The van der Waals surface area contributed by atoms with Crippen LogP contribution in [0.25, 0.3) is 0 Å². The van der Waals surface area contributed by atoms with Gasteiger partial charge in [0.15, 0.2) is 0 Å². The second kappa shape index (κ2) is 6.45. The quantitative estimate of drug-likeness (QED) is 0.670. The third-order valence-electron chi connectivity index (χ3n) is 2.92. The highest BCUT2D eigenvalue weighted by Crippen LogP contribution is 2.22. The lowest BCUT2D eigenvalue weighted by molar-refractivity contribution is 0.0602. The molecular weight excluding hydrogens is 295 g/mol. The van der Waals surface area contributed by atoms with E-state index in [2.05, 4.69) is 5.32 Å². The first-order valence-corrected chi connectivity index (χ1v) is 6.54. The molecule has 0 heterocycles. The second-order valence-corrected chi connectivity index (χ2v) is 4.81. The Kier molecular flexibility index (Phi) is 4.65. The molecule has 2 rings (SSSR count). The van der Waals surface area contributed by atoms with Crippen molar-refractivity contribution in [2.75, 3.05) is 18.2 Å². The topological polar surface area (TPSA) is 64.3 Å². The largest absolute Gasteiger partial charge is 0.465 e. The number of carbonyl (C=O) groups excluding carboxylic acids is 1. The molecule has 0 atom stereocenters. The van der Waals surface area contributed by atoms with Crippen LogP contribution in [0.1, 0.15) is 15.9 Å². The standard InChI is InChI=1S/C15H14ClFN2O2/c1-21-15(20)11-7-10(18)3-5-14(11)19-8-9-2-4-13(17)12(16)6-9/h2-7,19H,8,18H2,1H3. The van der Waals surface area contributed by atoms with Gasteiger partial charge < -0.3 is 15.8 Å². The van der Waals surface area contributed by atoms with E-state index >= 15 is 0 Å². The van der Waals surface area contributed by atoms with Crippen LogP contribution in [0.3, 0.4) is 0 Å². The highest BCUT2D eigenvalue weighted by Gasteiger charge is 2.12. The molecule has 0 aliphatic carbocycles. The van der Waals surface area contributed by atoms with Crippen LogP contribution >= 0.6 is 11.6 Å². The molecule has 110 valence electrons. The van der Waals surface area contributed by atoms with Crippen molar-refractivity contribution in [1.82, 2.24) is 0 Å². The van der Waals surface area contributed by atoms with Crippen LogP contribution in [0.4, 0.5) is 15.8 Å². The van der Waals surface area contributed by atoms with Gasteiger partial charge in [0.1, 0.15) is 5.82 Å². The van der Waals surface area contributed by atoms with Gasteiger partial charge in [-0.1, -0.05) is 17.7 Å². The summed E-state index contributed by atoms with van der Waals surface area (Å²) in [6.45, 7) is 0.383. The van der Waals surface area contributed by atoms with Crippen LogP contribution in [0.2, 0.25) is 5.02 Å². The summed E-state index contributed by atoms with van der Waals surface area (Å²) in [7, 11) is 1.30. The van der Waals surface area contributed by atoms with E-state index in [1.165, 1.54) is 25.3 Å². The van der Waals surface area contributed by atoms with Crippen LogP contribution in [0, 0.1) is 5.82 Å². The SMILES string of the molecule is COC(=O)c1cc(N)ccc1NCc1ccc(F)c(Cl)c1. The fraction of sp³-hybridized carbons (Fsp3) is 0.133. The predicted molar refractivity (Wildman–Crippen MR) is 80.9 cm³/mol. The molecule has 0 unspecified atom stereocenters. The molecule has 0 spiro atoms. The molecule has 0 saturated heterocycles. The summed E-state index contributed by atoms with van der Waals surface area (Å²) in [5.41, 5.74) is 7.84. The fourth-order valence-corrected chi connectivity index (χ4v) is 2.04. The maximum atomic E-state index is 13.1. The first kappa shape index (κ1) is 15.1. The number of anilines is 2. The number of hydrogen-bond donors (Lipinski definition) is 2. The molecule has 6 heteroatoms. The molecule has 3 N–H and O–H groups in total. The van der Waals surface area contributed by atoms with Gasteiger partial charge in [-0.25, -0.2) is 9.18 Å². The van der Waals surface area contributed by atoms with E-state index in [1.807, 2.05) is 0 Å². The number of nitrogens with two attached hydrogens (primary N) is 1. The lowest BCUT2D eigenvalue weighted by Crippen LogP contribution is -2.09. The Balaban J connectivity index is 2.19. The van der Waals surface area contributed by atoms with Crippen LogP contribution in [0.5, 0.6) is 0 Å². The predicted octanol–water partition coefficient (Wildman–Crippen LogP) is 3.46. The van der Waals surface area contributed by atoms with Gasteiger partial charge in [-0.2, -0.15) is 0 Å². The van der Waals surface area contributed by atoms with Crippen molar-refractivity contribution in [3.8, 4) is 0 Å². The van der Waals surface area contributed by atoms with Gasteiger partial charge in [0, 0.05) is 17.9 Å². The van der Waals surface area contributed by atoms with Crippen LogP contribution in [0.15, 0.2) is 36.4 Å². The maximum absolute atomic E-state index is 13.1. The summed E-state index contributed by atoms with van der Waals surface area (Å²) in [6.07, 6.45) is 0. The number of ether oxygens (including phenoxy) is 1. The molecule has 0 aliphatic rings. The van der Waals surface area contributed by atoms with E-state index in [-0.39, 0.29) is 5.02 Å². The minimum atomic E-state index is -0.484. The van der Waals surface area contributed by atoms with E-state index in [1.54, 1.807) is 18.2 Å². The Morgan fingerprint density at radius 2 is 2.10 bits per heavy atom. The molecule has 0 aliphatic heterocycles. The third kappa shape index (κ3) is 3.64. The van der Waals surface area contributed by atoms with Gasteiger partial charge in [0.2, 0.25) is 0 Å². The number of nitrogen functional groups attached to an aromatic ring is 1. The van der Waals surface area contributed by atoms with E-state index in [0.29, 0.717) is 23.5 Å². The molecule has 2 aromatic rings. The maximum Gasteiger partial charge on any atom is 0.340 e. The van der Waals surface area contributed by atoms with Gasteiger partial charge >= 0.3 is 5.97 Å². The molecule has 0 aromatic heterocycles. The van der Waals surface area contributed by atoms with E-state index in [0.717, 1.165) is 5.56 Å². The van der Waals surface area contributed by atoms with Gasteiger partial charge in [0.25, 0.3) is 0 Å². The Morgan fingerprint density at radius 3 is 2.76 bits per heavy atom. The molecule has 0 radical (unpaired) electrons. The number of hydrogen-bond acceptors (Lipinski definition) is 4. The fourth-order valence-electron chi connectivity index (χ4n) is 1.84. The van der Waals surface area contributed by atoms with E-state index in [4.69, 9.17) is 22.1 Å². The molecule has 2 aromatic carbocycles. The molecule has 0 bridgehead atoms. The third-order valence-corrected chi connectivity index (χ3v) is 3.21. The summed E-state index contributed by atoms with van der Waals surface area (Å²) >= 11 is 5.73. The first-order valence-electron chi connectivity index (χ1n) is 6.17. The summed E-state index contributed by atoms with van der Waals surface area (Å²) in [6, 6.07) is 9.33. The average molecular weight is 309 g/mol. The zero-order valence-electron chi connectivity index (χ0n) is 11.3.